The van der Waals surface area contributed by atoms with E-state index >= 15 is 0 Å². The van der Waals surface area contributed by atoms with Gasteiger partial charge < -0.3 is 9.80 Å². The molecule has 1 aliphatic heterocycles. The maximum absolute atomic E-state index is 13.7. The molecule has 0 amide bonds. The van der Waals surface area contributed by atoms with Gasteiger partial charge in [0.1, 0.15) is 23.5 Å². The highest BCUT2D eigenvalue weighted by Crippen LogP contribution is 2.27. The van der Waals surface area contributed by atoms with Crippen LogP contribution < -0.4 is 4.90 Å². The fourth-order valence-electron chi connectivity index (χ4n) is 2.65. The number of benzene rings is 1. The van der Waals surface area contributed by atoms with Gasteiger partial charge in [-0.25, -0.2) is 14.4 Å². The third-order valence-corrected chi connectivity index (χ3v) is 3.79. The molecule has 0 aliphatic carbocycles. The molecule has 0 saturated carbocycles. The van der Waals surface area contributed by atoms with Gasteiger partial charge >= 0.3 is 0 Å². The van der Waals surface area contributed by atoms with E-state index in [4.69, 9.17) is 0 Å². The molecular weight excluding hydrogens is 243 g/mol. The SMILES string of the molecule is CN(C)C1CCN(c2ncnc3c(F)cccc23)C1. The summed E-state index contributed by atoms with van der Waals surface area (Å²) in [5, 5.41) is 0.793. The summed E-state index contributed by atoms with van der Waals surface area (Å²) < 4.78 is 13.7. The van der Waals surface area contributed by atoms with E-state index in [1.807, 2.05) is 6.07 Å². The molecule has 0 N–H and O–H groups in total. The Bertz CT molecular complexity index is 599. The third-order valence-electron chi connectivity index (χ3n) is 3.79. The van der Waals surface area contributed by atoms with E-state index in [9.17, 15) is 4.39 Å². The zero-order valence-electron chi connectivity index (χ0n) is 11.2. The fourth-order valence-corrected chi connectivity index (χ4v) is 2.65. The highest BCUT2D eigenvalue weighted by Gasteiger charge is 2.26. The molecule has 19 heavy (non-hydrogen) atoms. The van der Waals surface area contributed by atoms with Crippen LogP contribution in [-0.4, -0.2) is 48.1 Å². The van der Waals surface area contributed by atoms with Gasteiger partial charge in [-0.1, -0.05) is 6.07 Å². The van der Waals surface area contributed by atoms with Gasteiger partial charge in [0.25, 0.3) is 0 Å². The molecule has 1 aromatic heterocycles. The largest absolute Gasteiger partial charge is 0.354 e. The Kier molecular flexibility index (Phi) is 3.06. The van der Waals surface area contributed by atoms with Gasteiger partial charge in [0.05, 0.1) is 0 Å². The van der Waals surface area contributed by atoms with E-state index in [1.165, 1.54) is 12.4 Å². The summed E-state index contributed by atoms with van der Waals surface area (Å²) in [4.78, 5) is 12.8. The first-order chi connectivity index (χ1) is 9.16. The van der Waals surface area contributed by atoms with Crippen LogP contribution in [0.15, 0.2) is 24.5 Å². The Morgan fingerprint density at radius 3 is 2.89 bits per heavy atom. The van der Waals surface area contributed by atoms with Crippen molar-refractivity contribution in [3.63, 3.8) is 0 Å². The first-order valence-electron chi connectivity index (χ1n) is 6.47. The Labute approximate surface area is 111 Å². The fraction of sp³-hybridized carbons (Fsp3) is 0.429. The number of anilines is 1. The van der Waals surface area contributed by atoms with Crippen LogP contribution in [0.2, 0.25) is 0 Å². The third kappa shape index (κ3) is 2.14. The van der Waals surface area contributed by atoms with Crippen LogP contribution in [0.1, 0.15) is 6.42 Å². The van der Waals surface area contributed by atoms with Crippen LogP contribution >= 0.6 is 0 Å². The minimum absolute atomic E-state index is 0.287. The van der Waals surface area contributed by atoms with Crippen molar-refractivity contribution in [2.45, 2.75) is 12.5 Å². The number of fused-ring (bicyclic) bond motifs is 1. The minimum atomic E-state index is -0.287. The monoisotopic (exact) mass is 260 g/mol. The number of para-hydroxylation sites is 1. The molecule has 4 nitrogen and oxygen atoms in total. The Morgan fingerprint density at radius 2 is 2.16 bits per heavy atom. The quantitative estimate of drug-likeness (QED) is 0.825. The zero-order chi connectivity index (χ0) is 13.4. The van der Waals surface area contributed by atoms with E-state index in [1.54, 1.807) is 6.07 Å². The summed E-state index contributed by atoms with van der Waals surface area (Å²) in [5.74, 6) is 0.554. The van der Waals surface area contributed by atoms with Crippen LogP contribution in [0.3, 0.4) is 0 Å². The van der Waals surface area contributed by atoms with Gasteiger partial charge in [0, 0.05) is 24.5 Å². The molecule has 0 spiro atoms. The van der Waals surface area contributed by atoms with E-state index in [-0.39, 0.29) is 5.82 Å². The van der Waals surface area contributed by atoms with E-state index < -0.39 is 0 Å². The van der Waals surface area contributed by atoms with Gasteiger partial charge in [-0.3, -0.25) is 0 Å². The second kappa shape index (κ2) is 4.74. The number of hydrogen-bond donors (Lipinski definition) is 0. The topological polar surface area (TPSA) is 32.3 Å². The molecule has 1 saturated heterocycles. The summed E-state index contributed by atoms with van der Waals surface area (Å²) in [6.45, 7) is 1.88. The van der Waals surface area contributed by atoms with Gasteiger partial charge in [-0.05, 0) is 32.6 Å². The summed E-state index contributed by atoms with van der Waals surface area (Å²) >= 11 is 0. The molecule has 0 radical (unpaired) electrons. The summed E-state index contributed by atoms with van der Waals surface area (Å²) in [7, 11) is 4.18. The standard InChI is InChI=1S/C14H17FN4/c1-18(2)10-6-7-19(8-10)14-11-4-3-5-12(15)13(11)16-9-17-14/h3-5,9-10H,6-8H2,1-2H3. The minimum Gasteiger partial charge on any atom is -0.354 e. The van der Waals surface area contributed by atoms with E-state index in [2.05, 4.69) is 33.9 Å². The maximum atomic E-state index is 13.7. The molecule has 1 unspecified atom stereocenters. The average molecular weight is 260 g/mol. The Morgan fingerprint density at radius 1 is 1.32 bits per heavy atom. The lowest BCUT2D eigenvalue weighted by atomic mass is 10.2. The van der Waals surface area contributed by atoms with Crippen molar-refractivity contribution >= 4 is 16.7 Å². The maximum Gasteiger partial charge on any atom is 0.149 e. The van der Waals surface area contributed by atoms with Crippen LogP contribution in [0.25, 0.3) is 10.9 Å². The predicted octanol–water partition coefficient (Wildman–Crippen LogP) is 1.91. The van der Waals surface area contributed by atoms with Crippen molar-refractivity contribution in [1.29, 1.82) is 0 Å². The van der Waals surface area contributed by atoms with Crippen molar-refractivity contribution in [3.05, 3.63) is 30.3 Å². The van der Waals surface area contributed by atoms with Crippen molar-refractivity contribution in [1.82, 2.24) is 14.9 Å². The highest BCUT2D eigenvalue weighted by molar-refractivity contribution is 5.89. The molecule has 1 aromatic carbocycles. The number of nitrogens with zero attached hydrogens (tertiary/aromatic N) is 4. The van der Waals surface area contributed by atoms with Crippen molar-refractivity contribution < 1.29 is 4.39 Å². The lowest BCUT2D eigenvalue weighted by molar-refractivity contribution is 0.315. The van der Waals surface area contributed by atoms with Crippen LogP contribution in [0, 0.1) is 5.82 Å². The molecule has 2 aromatic rings. The second-order valence-corrected chi connectivity index (χ2v) is 5.19. The van der Waals surface area contributed by atoms with Crippen molar-refractivity contribution in [3.8, 4) is 0 Å². The van der Waals surface area contributed by atoms with Gasteiger partial charge in [-0.15, -0.1) is 0 Å². The summed E-state index contributed by atoms with van der Waals surface area (Å²) in [5.41, 5.74) is 0.404. The first kappa shape index (κ1) is 12.3. The van der Waals surface area contributed by atoms with Crippen molar-refractivity contribution in [2.24, 2.45) is 0 Å². The normalized spacial score (nSPS) is 19.6. The van der Waals surface area contributed by atoms with E-state index in [0.717, 1.165) is 30.7 Å². The number of halogens is 1. The molecule has 5 heteroatoms. The van der Waals surface area contributed by atoms with E-state index in [0.29, 0.717) is 11.6 Å². The average Bonchev–Trinajstić information content (AvgIpc) is 2.88. The van der Waals surface area contributed by atoms with Gasteiger partial charge in [-0.2, -0.15) is 0 Å². The first-order valence-corrected chi connectivity index (χ1v) is 6.47. The van der Waals surface area contributed by atoms with Crippen LogP contribution in [0.5, 0.6) is 0 Å². The second-order valence-electron chi connectivity index (χ2n) is 5.19. The number of aromatic nitrogens is 2. The van der Waals surface area contributed by atoms with Crippen LogP contribution in [0.4, 0.5) is 10.2 Å². The number of likely N-dealkylation sites (N-methyl/N-ethyl adjacent to an activating group) is 1. The molecule has 1 atom stereocenters. The summed E-state index contributed by atoms with van der Waals surface area (Å²) in [6, 6.07) is 5.56. The Hall–Kier alpha value is -1.75. The number of hydrogen-bond acceptors (Lipinski definition) is 4. The lowest BCUT2D eigenvalue weighted by Gasteiger charge is -2.21. The van der Waals surface area contributed by atoms with Crippen LogP contribution in [-0.2, 0) is 0 Å². The number of rotatable bonds is 2. The Balaban J connectivity index is 2.00. The smallest absolute Gasteiger partial charge is 0.149 e. The molecule has 1 fully saturated rings. The highest BCUT2D eigenvalue weighted by atomic mass is 19.1. The molecule has 2 heterocycles. The molecule has 0 bridgehead atoms. The lowest BCUT2D eigenvalue weighted by Crippen LogP contribution is -2.31. The molecule has 1 aliphatic rings. The van der Waals surface area contributed by atoms with Gasteiger partial charge in [0.15, 0.2) is 0 Å². The van der Waals surface area contributed by atoms with Crippen molar-refractivity contribution in [2.75, 3.05) is 32.1 Å². The predicted molar refractivity (Wildman–Crippen MR) is 73.8 cm³/mol. The van der Waals surface area contributed by atoms with Gasteiger partial charge in [0.2, 0.25) is 0 Å². The summed E-state index contributed by atoms with van der Waals surface area (Å²) in [6.07, 6.45) is 2.55. The zero-order valence-corrected chi connectivity index (χ0v) is 11.2. The molecular formula is C14H17FN4. The molecule has 3 rings (SSSR count). The molecule has 100 valence electrons.